The molecule has 124 valence electrons. The van der Waals surface area contributed by atoms with Crippen LogP contribution in [-0.4, -0.2) is 54.3 Å². The summed E-state index contributed by atoms with van der Waals surface area (Å²) in [6.45, 7) is 4.88. The van der Waals surface area contributed by atoms with E-state index < -0.39 is 0 Å². The van der Waals surface area contributed by atoms with Gasteiger partial charge in [0.25, 0.3) is 0 Å². The van der Waals surface area contributed by atoms with Crippen molar-refractivity contribution in [1.29, 1.82) is 0 Å². The summed E-state index contributed by atoms with van der Waals surface area (Å²) < 4.78 is 0. The second-order valence-electron chi connectivity index (χ2n) is 6.71. The van der Waals surface area contributed by atoms with E-state index in [-0.39, 0.29) is 17.7 Å². The molecule has 23 heavy (non-hydrogen) atoms. The van der Waals surface area contributed by atoms with E-state index in [1.54, 1.807) is 11.8 Å². The first-order chi connectivity index (χ1) is 11.1. The molecule has 0 saturated carbocycles. The summed E-state index contributed by atoms with van der Waals surface area (Å²) in [6, 6.07) is 10.3. The summed E-state index contributed by atoms with van der Waals surface area (Å²) in [6.07, 6.45) is 0.776. The van der Waals surface area contributed by atoms with Gasteiger partial charge in [0.1, 0.15) is 0 Å². The number of carbonyl (C=O) groups is 2. The van der Waals surface area contributed by atoms with E-state index in [1.165, 1.54) is 5.56 Å². The highest BCUT2D eigenvalue weighted by Gasteiger charge is 2.39. The Morgan fingerprint density at radius 2 is 1.87 bits per heavy atom. The zero-order valence-electron chi connectivity index (χ0n) is 13.6. The lowest BCUT2D eigenvalue weighted by Gasteiger charge is -2.21. The lowest BCUT2D eigenvalue weighted by molar-refractivity contribution is -0.134. The molecule has 2 fully saturated rings. The number of amides is 2. The molecule has 1 aromatic carbocycles. The Hall–Kier alpha value is -1.88. The molecule has 1 unspecified atom stereocenters. The van der Waals surface area contributed by atoms with Crippen LogP contribution in [0.3, 0.4) is 0 Å². The monoisotopic (exact) mass is 315 g/mol. The van der Waals surface area contributed by atoms with Crippen LogP contribution in [0.25, 0.3) is 0 Å². The summed E-state index contributed by atoms with van der Waals surface area (Å²) in [5.74, 6) is 0.823. The molecule has 1 aromatic rings. The minimum Gasteiger partial charge on any atom is -0.342 e. The predicted molar refractivity (Wildman–Crippen MR) is 88.7 cm³/mol. The van der Waals surface area contributed by atoms with Gasteiger partial charge in [0, 0.05) is 39.0 Å². The van der Waals surface area contributed by atoms with Gasteiger partial charge in [0.15, 0.2) is 0 Å². The fourth-order valence-corrected chi connectivity index (χ4v) is 3.87. The average Bonchev–Trinajstić information content (AvgIpc) is 3.22. The Labute approximate surface area is 137 Å². The largest absolute Gasteiger partial charge is 0.342 e. The summed E-state index contributed by atoms with van der Waals surface area (Å²) in [5.41, 5.74) is 7.21. The number of likely N-dealkylation sites (tertiary alicyclic amines) is 2. The van der Waals surface area contributed by atoms with E-state index in [4.69, 9.17) is 5.73 Å². The van der Waals surface area contributed by atoms with Crippen LogP contribution in [0.15, 0.2) is 30.3 Å². The molecule has 2 N–H and O–H groups in total. The van der Waals surface area contributed by atoms with E-state index in [0.717, 1.165) is 19.5 Å². The van der Waals surface area contributed by atoms with Gasteiger partial charge in [-0.05, 0) is 24.4 Å². The molecule has 3 rings (SSSR count). The standard InChI is InChI=1S/C18H25N3O2/c1-13(22)20-8-7-15(10-20)18(23)21-11-16(9-19)17(12-21)14-5-3-2-4-6-14/h2-6,15-17H,7-12,19H2,1H3/t15?,16-,17+/m1/s1. The Morgan fingerprint density at radius 3 is 2.48 bits per heavy atom. The van der Waals surface area contributed by atoms with Gasteiger partial charge in [-0.3, -0.25) is 9.59 Å². The number of nitrogens with zero attached hydrogens (tertiary/aromatic N) is 2. The highest BCUT2D eigenvalue weighted by atomic mass is 16.2. The van der Waals surface area contributed by atoms with Crippen molar-refractivity contribution in [2.45, 2.75) is 19.3 Å². The Morgan fingerprint density at radius 1 is 1.13 bits per heavy atom. The molecule has 2 aliphatic rings. The van der Waals surface area contributed by atoms with Crippen LogP contribution in [0.5, 0.6) is 0 Å². The fraction of sp³-hybridized carbons (Fsp3) is 0.556. The van der Waals surface area contributed by atoms with E-state index in [1.807, 2.05) is 23.1 Å². The second-order valence-corrected chi connectivity index (χ2v) is 6.71. The first kappa shape index (κ1) is 16.0. The van der Waals surface area contributed by atoms with Crippen LogP contribution >= 0.6 is 0 Å². The fourth-order valence-electron chi connectivity index (χ4n) is 3.87. The summed E-state index contributed by atoms with van der Waals surface area (Å²) in [4.78, 5) is 28.0. The highest BCUT2D eigenvalue weighted by Crippen LogP contribution is 2.33. The first-order valence-corrected chi connectivity index (χ1v) is 8.39. The quantitative estimate of drug-likeness (QED) is 0.907. The van der Waals surface area contributed by atoms with Gasteiger partial charge in [-0.1, -0.05) is 30.3 Å². The zero-order chi connectivity index (χ0) is 16.4. The van der Waals surface area contributed by atoms with Gasteiger partial charge in [-0.15, -0.1) is 0 Å². The highest BCUT2D eigenvalue weighted by molar-refractivity contribution is 5.82. The molecular formula is C18H25N3O2. The van der Waals surface area contributed by atoms with Gasteiger partial charge in [0.2, 0.25) is 11.8 Å². The molecule has 0 spiro atoms. The molecule has 2 amide bonds. The van der Waals surface area contributed by atoms with Gasteiger partial charge < -0.3 is 15.5 Å². The second kappa shape index (κ2) is 6.71. The number of carbonyl (C=O) groups excluding carboxylic acids is 2. The molecule has 3 atom stereocenters. The van der Waals surface area contributed by atoms with Crippen molar-refractivity contribution in [1.82, 2.24) is 9.80 Å². The van der Waals surface area contributed by atoms with Crippen molar-refractivity contribution in [2.75, 3.05) is 32.7 Å². The van der Waals surface area contributed by atoms with Crippen molar-refractivity contribution in [3.05, 3.63) is 35.9 Å². The number of nitrogens with two attached hydrogens (primary N) is 1. The maximum atomic E-state index is 12.8. The van der Waals surface area contributed by atoms with E-state index in [2.05, 4.69) is 12.1 Å². The van der Waals surface area contributed by atoms with Gasteiger partial charge in [0.05, 0.1) is 5.92 Å². The van der Waals surface area contributed by atoms with E-state index in [0.29, 0.717) is 31.5 Å². The Kier molecular flexibility index (Phi) is 4.66. The normalized spacial score (nSPS) is 27.5. The Bertz CT molecular complexity index is 575. The maximum Gasteiger partial charge on any atom is 0.227 e. The van der Waals surface area contributed by atoms with Crippen LogP contribution in [0.2, 0.25) is 0 Å². The van der Waals surface area contributed by atoms with Crippen molar-refractivity contribution in [3.8, 4) is 0 Å². The molecular weight excluding hydrogens is 290 g/mol. The van der Waals surface area contributed by atoms with Gasteiger partial charge in [-0.2, -0.15) is 0 Å². The zero-order valence-corrected chi connectivity index (χ0v) is 13.6. The lowest BCUT2D eigenvalue weighted by atomic mass is 9.89. The molecule has 2 aliphatic heterocycles. The van der Waals surface area contributed by atoms with Crippen LogP contribution in [0, 0.1) is 11.8 Å². The molecule has 2 saturated heterocycles. The van der Waals surface area contributed by atoms with Crippen molar-refractivity contribution >= 4 is 11.8 Å². The minimum absolute atomic E-state index is 0.0492. The third-order valence-corrected chi connectivity index (χ3v) is 5.27. The number of hydrogen-bond donors (Lipinski definition) is 1. The van der Waals surface area contributed by atoms with Crippen LogP contribution in [0.4, 0.5) is 0 Å². The van der Waals surface area contributed by atoms with Crippen molar-refractivity contribution in [2.24, 2.45) is 17.6 Å². The SMILES string of the molecule is CC(=O)N1CCC(C(=O)N2C[C@@H](CN)[C@H](c3ccccc3)C2)C1. The van der Waals surface area contributed by atoms with Crippen molar-refractivity contribution < 1.29 is 9.59 Å². The topological polar surface area (TPSA) is 66.6 Å². The molecule has 2 heterocycles. The number of benzene rings is 1. The predicted octanol–water partition coefficient (Wildman–Crippen LogP) is 1.06. The third kappa shape index (κ3) is 3.24. The molecule has 5 nitrogen and oxygen atoms in total. The van der Waals surface area contributed by atoms with Crippen molar-refractivity contribution in [3.63, 3.8) is 0 Å². The van der Waals surface area contributed by atoms with E-state index >= 15 is 0 Å². The molecule has 0 aromatic heterocycles. The summed E-state index contributed by atoms with van der Waals surface area (Å²) in [5, 5.41) is 0. The van der Waals surface area contributed by atoms with Crippen LogP contribution in [-0.2, 0) is 9.59 Å². The number of rotatable bonds is 3. The summed E-state index contributed by atoms with van der Waals surface area (Å²) >= 11 is 0. The van der Waals surface area contributed by atoms with Gasteiger partial charge in [-0.25, -0.2) is 0 Å². The van der Waals surface area contributed by atoms with E-state index in [9.17, 15) is 9.59 Å². The maximum absolute atomic E-state index is 12.8. The smallest absolute Gasteiger partial charge is 0.227 e. The summed E-state index contributed by atoms with van der Waals surface area (Å²) in [7, 11) is 0. The lowest BCUT2D eigenvalue weighted by Crippen LogP contribution is -2.37. The van der Waals surface area contributed by atoms with Crippen LogP contribution < -0.4 is 5.73 Å². The molecule has 5 heteroatoms. The molecule has 0 bridgehead atoms. The number of hydrogen-bond acceptors (Lipinski definition) is 3. The minimum atomic E-state index is -0.0492. The first-order valence-electron chi connectivity index (χ1n) is 8.39. The Balaban J connectivity index is 1.68. The van der Waals surface area contributed by atoms with Crippen LogP contribution in [0.1, 0.15) is 24.8 Å². The third-order valence-electron chi connectivity index (χ3n) is 5.27. The average molecular weight is 315 g/mol. The molecule has 0 radical (unpaired) electrons. The molecule has 0 aliphatic carbocycles. The van der Waals surface area contributed by atoms with Gasteiger partial charge >= 0.3 is 0 Å².